The van der Waals surface area contributed by atoms with E-state index in [4.69, 9.17) is 31.0 Å². The molecular formula is C33H36ClFN4O4. The highest BCUT2D eigenvalue weighted by atomic mass is 35.5. The minimum Gasteiger partial charge on any atom is -0.478 e. The summed E-state index contributed by atoms with van der Waals surface area (Å²) in [5, 5.41) is 9.94. The van der Waals surface area contributed by atoms with Gasteiger partial charge in [0, 0.05) is 41.4 Å². The van der Waals surface area contributed by atoms with E-state index >= 15 is 0 Å². The number of carbonyl (C=O) groups is 1. The van der Waals surface area contributed by atoms with Crippen molar-refractivity contribution in [1.29, 1.82) is 0 Å². The van der Waals surface area contributed by atoms with E-state index in [1.54, 1.807) is 30.3 Å². The molecule has 6 rings (SSSR count). The molecule has 1 N–H and O–H groups in total. The van der Waals surface area contributed by atoms with Crippen molar-refractivity contribution in [2.75, 3.05) is 19.7 Å². The van der Waals surface area contributed by atoms with Gasteiger partial charge >= 0.3 is 5.97 Å². The number of aromatic nitrogens is 3. The number of pyridine rings is 1. The van der Waals surface area contributed by atoms with Crippen LogP contribution in [0, 0.1) is 5.82 Å². The summed E-state index contributed by atoms with van der Waals surface area (Å²) >= 11 is 5.86. The van der Waals surface area contributed by atoms with Crippen LogP contribution >= 0.6 is 11.6 Å². The molecule has 43 heavy (non-hydrogen) atoms. The van der Waals surface area contributed by atoms with Crippen LogP contribution in [0.2, 0.25) is 5.02 Å². The average Bonchev–Trinajstić information content (AvgIpc) is 3.36. The predicted molar refractivity (Wildman–Crippen MR) is 162 cm³/mol. The molecular weight excluding hydrogens is 571 g/mol. The summed E-state index contributed by atoms with van der Waals surface area (Å²) in [6.07, 6.45) is 6.37. The third-order valence-corrected chi connectivity index (χ3v) is 8.76. The number of halogens is 2. The van der Waals surface area contributed by atoms with Gasteiger partial charge in [0.15, 0.2) is 0 Å². The number of hydrogen-bond acceptors (Lipinski definition) is 6. The summed E-state index contributed by atoms with van der Waals surface area (Å²) in [5.74, 6) is 0.399. The van der Waals surface area contributed by atoms with E-state index in [0.29, 0.717) is 28.9 Å². The molecule has 2 aliphatic rings. The van der Waals surface area contributed by atoms with Gasteiger partial charge in [-0.3, -0.25) is 4.90 Å². The maximum atomic E-state index is 14.2. The molecule has 4 heterocycles. The first-order valence-corrected chi connectivity index (χ1v) is 15.4. The highest BCUT2D eigenvalue weighted by Gasteiger charge is 2.25. The lowest BCUT2D eigenvalue weighted by molar-refractivity contribution is 0.00876. The molecule has 0 aliphatic carbocycles. The second-order valence-electron chi connectivity index (χ2n) is 11.4. The molecule has 0 amide bonds. The van der Waals surface area contributed by atoms with Gasteiger partial charge in [-0.25, -0.2) is 19.2 Å². The highest BCUT2D eigenvalue weighted by molar-refractivity contribution is 6.30. The van der Waals surface area contributed by atoms with Gasteiger partial charge < -0.3 is 19.1 Å². The van der Waals surface area contributed by atoms with Crippen LogP contribution in [-0.4, -0.2) is 56.3 Å². The van der Waals surface area contributed by atoms with Crippen LogP contribution in [0.25, 0.3) is 11.0 Å². The van der Waals surface area contributed by atoms with Crippen molar-refractivity contribution >= 4 is 28.6 Å². The number of aryl methyl sites for hydroxylation is 1. The van der Waals surface area contributed by atoms with E-state index in [-0.39, 0.29) is 18.3 Å². The van der Waals surface area contributed by atoms with Gasteiger partial charge in [-0.15, -0.1) is 0 Å². The zero-order chi connectivity index (χ0) is 29.8. The minimum absolute atomic E-state index is 0.0831. The van der Waals surface area contributed by atoms with E-state index in [2.05, 4.69) is 9.47 Å². The van der Waals surface area contributed by atoms with Gasteiger partial charge in [0.05, 0.1) is 29.2 Å². The number of nitrogens with zero attached hydrogens (tertiary/aromatic N) is 4. The van der Waals surface area contributed by atoms with Gasteiger partial charge in [-0.1, -0.05) is 23.7 Å². The van der Waals surface area contributed by atoms with Crippen LogP contribution in [0.4, 0.5) is 4.39 Å². The van der Waals surface area contributed by atoms with E-state index in [1.807, 2.05) is 18.2 Å². The Hall–Kier alpha value is -3.53. The van der Waals surface area contributed by atoms with E-state index in [9.17, 15) is 14.3 Å². The van der Waals surface area contributed by atoms with Gasteiger partial charge in [-0.05, 0) is 88.0 Å². The van der Waals surface area contributed by atoms with Crippen LogP contribution in [0.3, 0.4) is 0 Å². The van der Waals surface area contributed by atoms with Crippen LogP contribution in [0.1, 0.15) is 71.9 Å². The molecule has 2 aliphatic heterocycles. The maximum Gasteiger partial charge on any atom is 0.335 e. The van der Waals surface area contributed by atoms with Crippen LogP contribution in [0.15, 0.2) is 54.6 Å². The summed E-state index contributed by atoms with van der Waals surface area (Å²) in [4.78, 5) is 23.8. The number of carboxylic acids is 1. The van der Waals surface area contributed by atoms with Crippen molar-refractivity contribution in [3.63, 3.8) is 0 Å². The Balaban J connectivity index is 1.10. The Morgan fingerprint density at radius 3 is 2.70 bits per heavy atom. The van der Waals surface area contributed by atoms with Crippen LogP contribution in [-0.2, 0) is 24.4 Å². The van der Waals surface area contributed by atoms with Crippen molar-refractivity contribution < 1.29 is 23.8 Å². The van der Waals surface area contributed by atoms with Gasteiger partial charge in [0.1, 0.15) is 18.2 Å². The SMILES string of the molecule is O=C(O)c1ccc2nc(CN3CCC(c4cccc(OCc5ccc(Cl)cc5F)n4)CC3)n(CCC3CCCCO3)c2c1. The number of hydrogen-bond donors (Lipinski definition) is 1. The second kappa shape index (κ2) is 13.4. The highest BCUT2D eigenvalue weighted by Crippen LogP contribution is 2.30. The summed E-state index contributed by atoms with van der Waals surface area (Å²) < 4.78 is 28.1. The molecule has 4 aromatic rings. The molecule has 0 radical (unpaired) electrons. The normalized spacial score (nSPS) is 18.2. The molecule has 0 bridgehead atoms. The molecule has 1 atom stereocenters. The van der Waals surface area contributed by atoms with Gasteiger partial charge in [0.25, 0.3) is 0 Å². The number of likely N-dealkylation sites (tertiary alicyclic amines) is 1. The molecule has 2 fully saturated rings. The number of piperidine rings is 1. The monoisotopic (exact) mass is 606 g/mol. The van der Waals surface area contributed by atoms with Gasteiger partial charge in [-0.2, -0.15) is 0 Å². The second-order valence-corrected chi connectivity index (χ2v) is 11.9. The standard InChI is InChI=1S/C33H36ClFN4O4/c34-25-9-7-24(27(35)19-25)21-43-32-6-3-5-28(37-32)22-11-14-38(15-12-22)20-31-36-29-10-8-23(33(40)41)18-30(29)39(31)16-13-26-4-1-2-17-42-26/h3,5-10,18-19,22,26H,1-2,4,11-17,20-21H2,(H,40,41). The molecule has 1 unspecified atom stereocenters. The first-order valence-electron chi connectivity index (χ1n) is 15.0. The van der Waals surface area contributed by atoms with Crippen molar-refractivity contribution in [2.45, 2.75) is 70.2 Å². The third kappa shape index (κ3) is 7.17. The summed E-state index contributed by atoms with van der Waals surface area (Å²) in [6.45, 7) is 4.11. The van der Waals surface area contributed by atoms with Gasteiger partial charge in [0.2, 0.25) is 5.88 Å². The lowest BCUT2D eigenvalue weighted by atomic mass is 9.93. The smallest absolute Gasteiger partial charge is 0.335 e. The zero-order valence-corrected chi connectivity index (χ0v) is 24.8. The predicted octanol–water partition coefficient (Wildman–Crippen LogP) is 6.84. The Bertz CT molecular complexity index is 1580. The summed E-state index contributed by atoms with van der Waals surface area (Å²) in [7, 11) is 0. The van der Waals surface area contributed by atoms with E-state index < -0.39 is 11.8 Å². The van der Waals surface area contributed by atoms with Crippen molar-refractivity contribution in [1.82, 2.24) is 19.4 Å². The maximum absolute atomic E-state index is 14.2. The molecule has 0 spiro atoms. The molecule has 0 saturated carbocycles. The first-order chi connectivity index (χ1) is 20.9. The van der Waals surface area contributed by atoms with Crippen molar-refractivity contribution in [3.8, 4) is 5.88 Å². The van der Waals surface area contributed by atoms with E-state index in [0.717, 1.165) is 80.9 Å². The fourth-order valence-corrected chi connectivity index (χ4v) is 6.26. The number of carboxylic acid groups (broad SMARTS) is 1. The van der Waals surface area contributed by atoms with Crippen molar-refractivity contribution in [2.24, 2.45) is 0 Å². The molecule has 2 saturated heterocycles. The number of ether oxygens (including phenoxy) is 2. The van der Waals surface area contributed by atoms with Crippen LogP contribution in [0.5, 0.6) is 5.88 Å². The van der Waals surface area contributed by atoms with Crippen molar-refractivity contribution in [3.05, 3.63) is 88.1 Å². The molecule has 8 nitrogen and oxygen atoms in total. The number of rotatable bonds is 10. The average molecular weight is 607 g/mol. The molecule has 2 aromatic carbocycles. The first kappa shape index (κ1) is 29.5. The number of aromatic carboxylic acids is 1. The fourth-order valence-electron chi connectivity index (χ4n) is 6.10. The molecule has 10 heteroatoms. The lowest BCUT2D eigenvalue weighted by Gasteiger charge is -2.31. The topological polar surface area (TPSA) is 89.7 Å². The Kier molecular flexibility index (Phi) is 9.21. The molecule has 226 valence electrons. The number of imidazole rings is 1. The Morgan fingerprint density at radius 2 is 1.93 bits per heavy atom. The fraction of sp³-hybridized carbons (Fsp3) is 0.424. The largest absolute Gasteiger partial charge is 0.478 e. The molecule has 2 aromatic heterocycles. The quantitative estimate of drug-likeness (QED) is 0.211. The number of fused-ring (bicyclic) bond motifs is 1. The Morgan fingerprint density at radius 1 is 1.07 bits per heavy atom. The van der Waals surface area contributed by atoms with Crippen LogP contribution < -0.4 is 4.74 Å². The zero-order valence-electron chi connectivity index (χ0n) is 24.1. The summed E-state index contributed by atoms with van der Waals surface area (Å²) in [6, 6.07) is 15.5. The lowest BCUT2D eigenvalue weighted by Crippen LogP contribution is -2.33. The summed E-state index contributed by atoms with van der Waals surface area (Å²) in [5.41, 5.74) is 3.36. The third-order valence-electron chi connectivity index (χ3n) is 8.53. The van der Waals surface area contributed by atoms with E-state index in [1.165, 1.54) is 12.5 Å². The minimum atomic E-state index is -0.936. The Labute approximate surface area is 255 Å². The number of benzene rings is 2.